The molecule has 0 unspecified atom stereocenters. The monoisotopic (exact) mass is 678 g/mol. The summed E-state index contributed by atoms with van der Waals surface area (Å²) in [6, 6.07) is 0. The van der Waals surface area contributed by atoms with Crippen molar-refractivity contribution in [3.05, 3.63) is 0 Å². The van der Waals surface area contributed by atoms with Crippen molar-refractivity contribution in [2.75, 3.05) is 0 Å². The van der Waals surface area contributed by atoms with Gasteiger partial charge in [0.05, 0.1) is 0 Å². The molecule has 0 spiro atoms. The van der Waals surface area contributed by atoms with E-state index in [1.807, 2.05) is 0 Å². The Hall–Kier alpha value is 1.13. The zero-order chi connectivity index (χ0) is 30.8. The van der Waals surface area contributed by atoms with Gasteiger partial charge in [-0.3, -0.25) is 9.59 Å². The molecule has 0 aliphatic rings. The van der Waals surface area contributed by atoms with Gasteiger partial charge in [-0.25, -0.2) is 4.79 Å². The van der Waals surface area contributed by atoms with Gasteiger partial charge in [0.1, 0.15) is 0 Å². The SMILES string of the molecule is CCCCCCCCCCCCCCCCCC(=O)OC(=O)OC(=O)CCCCCCCCCCCCCCCCC.[CaH2].[CaH2]. The Kier molecular flexibility index (Phi) is 47.4. The van der Waals surface area contributed by atoms with Gasteiger partial charge in [-0.05, 0) is 12.8 Å². The van der Waals surface area contributed by atoms with Crippen molar-refractivity contribution in [2.45, 2.75) is 219 Å². The Morgan fingerprint density at radius 2 is 0.500 bits per heavy atom. The molecule has 0 amide bonds. The zero-order valence-corrected chi connectivity index (χ0v) is 28.2. The Morgan fingerprint density at radius 1 is 0.318 bits per heavy atom. The van der Waals surface area contributed by atoms with Crippen molar-refractivity contribution in [1.82, 2.24) is 0 Å². The van der Waals surface area contributed by atoms with Crippen molar-refractivity contribution in [2.24, 2.45) is 0 Å². The Balaban J connectivity index is -0.00000840. The van der Waals surface area contributed by atoms with E-state index in [0.29, 0.717) is 12.8 Å². The molecular formula is C37H74Ca2O5. The second-order valence-corrected chi connectivity index (χ2v) is 12.6. The van der Waals surface area contributed by atoms with Crippen LogP contribution in [0, 0.1) is 0 Å². The topological polar surface area (TPSA) is 69.7 Å². The van der Waals surface area contributed by atoms with Crippen LogP contribution in [0.5, 0.6) is 0 Å². The molecule has 0 heterocycles. The van der Waals surface area contributed by atoms with E-state index in [9.17, 15) is 14.4 Å². The molecule has 0 fully saturated rings. The minimum atomic E-state index is -1.17. The van der Waals surface area contributed by atoms with E-state index >= 15 is 0 Å². The van der Waals surface area contributed by atoms with E-state index < -0.39 is 18.1 Å². The van der Waals surface area contributed by atoms with E-state index in [2.05, 4.69) is 23.3 Å². The molecule has 0 saturated carbocycles. The standard InChI is InChI=1S/C37H70O5.2Ca.4H/c1-3-5-7-9-11-13-15-17-19-21-23-25-27-29-31-33-35(38)41-37(40)42-36(39)34-32-30-28-26-24-22-20-18-16-14-12-10-8-6-4-2;;;;;;/h3-34H2,1-2H3;;;;;;. The van der Waals surface area contributed by atoms with E-state index in [0.717, 1.165) is 25.7 Å². The van der Waals surface area contributed by atoms with Crippen molar-refractivity contribution in [1.29, 1.82) is 0 Å². The predicted octanol–water partition coefficient (Wildman–Crippen LogP) is 10.9. The maximum atomic E-state index is 11.8. The Morgan fingerprint density at radius 3 is 0.705 bits per heavy atom. The van der Waals surface area contributed by atoms with Gasteiger partial charge in [0, 0.05) is 12.8 Å². The van der Waals surface area contributed by atoms with Gasteiger partial charge in [-0.15, -0.1) is 0 Å². The molecule has 0 aromatic rings. The molecule has 5 nitrogen and oxygen atoms in total. The number of carbonyl (C=O) groups excluding carboxylic acids is 3. The molecule has 0 radical (unpaired) electrons. The molecular weight excluding hydrogens is 605 g/mol. The van der Waals surface area contributed by atoms with Gasteiger partial charge in [0.2, 0.25) is 0 Å². The number of hydrogen-bond acceptors (Lipinski definition) is 5. The maximum absolute atomic E-state index is 11.8. The third-order valence-electron chi connectivity index (χ3n) is 8.36. The van der Waals surface area contributed by atoms with Crippen LogP contribution in [-0.4, -0.2) is 93.6 Å². The molecule has 44 heavy (non-hydrogen) atoms. The van der Waals surface area contributed by atoms with Gasteiger partial charge in [0.25, 0.3) is 0 Å². The van der Waals surface area contributed by atoms with Gasteiger partial charge < -0.3 is 9.47 Å². The first-order chi connectivity index (χ1) is 20.6. The van der Waals surface area contributed by atoms with Gasteiger partial charge in [-0.1, -0.05) is 194 Å². The number of ether oxygens (including phenoxy) is 2. The molecule has 0 saturated heterocycles. The van der Waals surface area contributed by atoms with E-state index in [-0.39, 0.29) is 88.3 Å². The van der Waals surface area contributed by atoms with Crippen LogP contribution in [-0.2, 0) is 19.1 Å². The van der Waals surface area contributed by atoms with Crippen LogP contribution >= 0.6 is 0 Å². The van der Waals surface area contributed by atoms with Gasteiger partial charge >= 0.3 is 93.6 Å². The summed E-state index contributed by atoms with van der Waals surface area (Å²) in [6.07, 6.45) is 37.0. The van der Waals surface area contributed by atoms with Gasteiger partial charge in [-0.2, -0.15) is 0 Å². The van der Waals surface area contributed by atoms with Crippen molar-refractivity contribution in [3.63, 3.8) is 0 Å². The molecule has 0 aliphatic carbocycles. The first kappa shape index (κ1) is 49.5. The summed E-state index contributed by atoms with van der Waals surface area (Å²) in [4.78, 5) is 35.4. The number of carbonyl (C=O) groups is 3. The third-order valence-corrected chi connectivity index (χ3v) is 8.36. The van der Waals surface area contributed by atoms with Crippen LogP contribution in [0.1, 0.15) is 219 Å². The molecule has 0 rings (SSSR count). The van der Waals surface area contributed by atoms with E-state index in [1.165, 1.54) is 154 Å². The molecule has 0 aliphatic heterocycles. The summed E-state index contributed by atoms with van der Waals surface area (Å²) in [7, 11) is 0. The average molecular weight is 679 g/mol. The van der Waals surface area contributed by atoms with Crippen LogP contribution < -0.4 is 0 Å². The summed E-state index contributed by atoms with van der Waals surface area (Å²) in [5.41, 5.74) is 0. The molecule has 0 bridgehead atoms. The number of unbranched alkanes of at least 4 members (excludes halogenated alkanes) is 28. The fraction of sp³-hybridized carbons (Fsp3) is 0.919. The van der Waals surface area contributed by atoms with Crippen molar-refractivity contribution in [3.8, 4) is 0 Å². The van der Waals surface area contributed by atoms with Crippen molar-refractivity contribution >= 4 is 93.6 Å². The Labute approximate surface area is 333 Å². The second kappa shape index (κ2) is 42.2. The molecule has 0 atom stereocenters. The summed E-state index contributed by atoms with van der Waals surface area (Å²) in [5, 5.41) is 0. The zero-order valence-electron chi connectivity index (χ0n) is 28.2. The molecule has 256 valence electrons. The number of rotatable bonds is 32. The van der Waals surface area contributed by atoms with E-state index in [1.54, 1.807) is 0 Å². The fourth-order valence-corrected chi connectivity index (χ4v) is 5.59. The van der Waals surface area contributed by atoms with Crippen molar-refractivity contribution < 1.29 is 23.9 Å². The molecule has 7 heteroatoms. The number of esters is 2. The normalized spacial score (nSPS) is 10.6. The average Bonchev–Trinajstić information content (AvgIpc) is 2.97. The third kappa shape index (κ3) is 41.2. The van der Waals surface area contributed by atoms with Crippen LogP contribution in [0.4, 0.5) is 4.79 Å². The fourth-order valence-electron chi connectivity index (χ4n) is 5.59. The first-order valence-corrected chi connectivity index (χ1v) is 18.6. The minimum absolute atomic E-state index is 0. The van der Waals surface area contributed by atoms with Crippen LogP contribution in [0.25, 0.3) is 0 Å². The van der Waals surface area contributed by atoms with Crippen LogP contribution in [0.2, 0.25) is 0 Å². The van der Waals surface area contributed by atoms with Crippen LogP contribution in [0.3, 0.4) is 0 Å². The number of hydrogen-bond donors (Lipinski definition) is 0. The summed E-state index contributed by atoms with van der Waals surface area (Å²) >= 11 is 0. The molecule has 0 N–H and O–H groups in total. The molecule has 0 aromatic carbocycles. The predicted molar refractivity (Wildman–Crippen MR) is 194 cm³/mol. The Bertz CT molecular complexity index is 565. The summed E-state index contributed by atoms with van der Waals surface area (Å²) in [5.74, 6) is -1.20. The van der Waals surface area contributed by atoms with E-state index in [4.69, 9.17) is 0 Å². The quantitative estimate of drug-likeness (QED) is 0.0306. The second-order valence-electron chi connectivity index (χ2n) is 12.6. The summed E-state index contributed by atoms with van der Waals surface area (Å²) < 4.78 is 9.30. The first-order valence-electron chi connectivity index (χ1n) is 18.6. The molecule has 0 aromatic heterocycles. The summed E-state index contributed by atoms with van der Waals surface area (Å²) in [6.45, 7) is 4.53. The van der Waals surface area contributed by atoms with Crippen LogP contribution in [0.15, 0.2) is 0 Å². The van der Waals surface area contributed by atoms with Gasteiger partial charge in [0.15, 0.2) is 0 Å².